The van der Waals surface area contributed by atoms with E-state index in [0.29, 0.717) is 0 Å². The quantitative estimate of drug-likeness (QED) is 0.803. The van der Waals surface area contributed by atoms with E-state index in [1.54, 1.807) is 6.26 Å². The molecule has 1 aromatic rings. The number of nitrogens with two attached hydrogens (primary N) is 1. The van der Waals surface area contributed by atoms with Crippen molar-refractivity contribution in [3.05, 3.63) is 24.2 Å². The van der Waals surface area contributed by atoms with Gasteiger partial charge in [0.2, 0.25) is 0 Å². The number of hydrogen-bond donors (Lipinski definition) is 1. The Morgan fingerprint density at radius 2 is 2.31 bits per heavy atom. The van der Waals surface area contributed by atoms with Crippen molar-refractivity contribution in [2.75, 3.05) is 13.1 Å². The maximum atomic E-state index is 6.10. The number of rotatable bonds is 6. The number of likely N-dealkylation sites (N-methyl/N-ethyl adjacent to an activating group) is 1. The van der Waals surface area contributed by atoms with Crippen molar-refractivity contribution in [3.8, 4) is 0 Å². The van der Waals surface area contributed by atoms with Gasteiger partial charge in [-0.2, -0.15) is 0 Å². The summed E-state index contributed by atoms with van der Waals surface area (Å²) in [6.07, 6.45) is 4.48. The molecule has 1 aliphatic rings. The van der Waals surface area contributed by atoms with Crippen molar-refractivity contribution in [1.29, 1.82) is 0 Å². The van der Waals surface area contributed by atoms with E-state index in [1.165, 1.54) is 12.8 Å². The van der Waals surface area contributed by atoms with Gasteiger partial charge in [0.25, 0.3) is 0 Å². The highest BCUT2D eigenvalue weighted by molar-refractivity contribution is 5.07. The predicted molar refractivity (Wildman–Crippen MR) is 65.1 cm³/mol. The van der Waals surface area contributed by atoms with E-state index < -0.39 is 0 Å². The van der Waals surface area contributed by atoms with E-state index in [-0.39, 0.29) is 12.1 Å². The van der Waals surface area contributed by atoms with E-state index in [1.807, 2.05) is 12.1 Å². The van der Waals surface area contributed by atoms with E-state index in [4.69, 9.17) is 10.2 Å². The summed E-state index contributed by atoms with van der Waals surface area (Å²) in [5, 5.41) is 0. The first-order valence-electron chi connectivity index (χ1n) is 6.25. The summed E-state index contributed by atoms with van der Waals surface area (Å²) in [5.74, 6) is 1.88. The molecule has 1 fully saturated rings. The zero-order valence-corrected chi connectivity index (χ0v) is 10.2. The van der Waals surface area contributed by atoms with Gasteiger partial charge in [-0.3, -0.25) is 4.90 Å². The lowest BCUT2D eigenvalue weighted by molar-refractivity contribution is 0.156. The Morgan fingerprint density at radius 3 is 2.75 bits per heavy atom. The van der Waals surface area contributed by atoms with Crippen LogP contribution in [0.4, 0.5) is 0 Å². The van der Waals surface area contributed by atoms with Gasteiger partial charge < -0.3 is 10.2 Å². The third kappa shape index (κ3) is 2.66. The molecule has 2 unspecified atom stereocenters. The van der Waals surface area contributed by atoms with Crippen LogP contribution < -0.4 is 5.73 Å². The molecule has 0 bridgehead atoms. The van der Waals surface area contributed by atoms with Crippen molar-refractivity contribution < 1.29 is 4.42 Å². The lowest BCUT2D eigenvalue weighted by Crippen LogP contribution is -2.40. The third-order valence-electron chi connectivity index (χ3n) is 3.32. The van der Waals surface area contributed by atoms with Gasteiger partial charge in [-0.1, -0.05) is 6.92 Å². The van der Waals surface area contributed by atoms with Gasteiger partial charge in [-0.05, 0) is 44.4 Å². The van der Waals surface area contributed by atoms with Gasteiger partial charge in [0.15, 0.2) is 0 Å². The summed E-state index contributed by atoms with van der Waals surface area (Å²) in [6, 6.07) is 4.30. The van der Waals surface area contributed by atoms with Crippen LogP contribution in [-0.2, 0) is 0 Å². The second kappa shape index (κ2) is 5.02. The molecule has 0 amide bonds. The van der Waals surface area contributed by atoms with Crippen molar-refractivity contribution in [2.45, 2.75) is 38.8 Å². The first-order valence-corrected chi connectivity index (χ1v) is 6.25. The van der Waals surface area contributed by atoms with Crippen LogP contribution in [0.3, 0.4) is 0 Å². The molecule has 0 saturated heterocycles. The van der Waals surface area contributed by atoms with E-state index in [0.717, 1.165) is 24.8 Å². The second-order valence-electron chi connectivity index (χ2n) is 4.85. The molecule has 3 nitrogen and oxygen atoms in total. The molecule has 1 aromatic heterocycles. The molecule has 2 N–H and O–H groups in total. The van der Waals surface area contributed by atoms with Crippen molar-refractivity contribution in [3.63, 3.8) is 0 Å². The molecule has 3 heteroatoms. The minimum absolute atomic E-state index is 0.102. The minimum atomic E-state index is 0.102. The van der Waals surface area contributed by atoms with Gasteiger partial charge in [0, 0.05) is 12.6 Å². The summed E-state index contributed by atoms with van der Waals surface area (Å²) >= 11 is 0. The average Bonchev–Trinajstić information content (AvgIpc) is 2.90. The molecule has 2 rings (SSSR count). The Balaban J connectivity index is 2.09. The molecule has 16 heavy (non-hydrogen) atoms. The Hall–Kier alpha value is -0.800. The van der Waals surface area contributed by atoms with Crippen LogP contribution >= 0.6 is 0 Å². The standard InChI is InChI=1S/C13H22N2O/c1-3-15(9-11-6-7-11)13(10(2)14)12-5-4-8-16-12/h4-5,8,10-11,13H,3,6-7,9,14H2,1-2H3. The number of hydrogen-bond acceptors (Lipinski definition) is 3. The Bertz CT molecular complexity index is 304. The highest BCUT2D eigenvalue weighted by Gasteiger charge is 2.30. The maximum absolute atomic E-state index is 6.10. The van der Waals surface area contributed by atoms with Crippen molar-refractivity contribution >= 4 is 0 Å². The van der Waals surface area contributed by atoms with Gasteiger partial charge in [0.1, 0.15) is 5.76 Å². The Kier molecular flexibility index (Phi) is 3.66. The normalized spacial score (nSPS) is 20.0. The maximum Gasteiger partial charge on any atom is 0.122 e. The molecule has 2 atom stereocenters. The largest absolute Gasteiger partial charge is 0.468 e. The topological polar surface area (TPSA) is 42.4 Å². The highest BCUT2D eigenvalue weighted by Crippen LogP contribution is 2.33. The lowest BCUT2D eigenvalue weighted by atomic mass is 10.1. The monoisotopic (exact) mass is 222 g/mol. The van der Waals surface area contributed by atoms with Crippen LogP contribution in [0.2, 0.25) is 0 Å². The Labute approximate surface area is 97.6 Å². The molecule has 1 heterocycles. The fraction of sp³-hybridized carbons (Fsp3) is 0.692. The molecule has 90 valence electrons. The molecule has 0 aliphatic heterocycles. The minimum Gasteiger partial charge on any atom is -0.468 e. The Morgan fingerprint density at radius 1 is 1.56 bits per heavy atom. The lowest BCUT2D eigenvalue weighted by Gasteiger charge is -2.32. The van der Waals surface area contributed by atoms with Gasteiger partial charge in [0.05, 0.1) is 12.3 Å². The fourth-order valence-corrected chi connectivity index (χ4v) is 2.30. The highest BCUT2D eigenvalue weighted by atomic mass is 16.3. The summed E-state index contributed by atoms with van der Waals surface area (Å²) < 4.78 is 5.52. The first-order chi connectivity index (χ1) is 7.72. The summed E-state index contributed by atoms with van der Waals surface area (Å²) in [5.41, 5.74) is 6.10. The van der Waals surface area contributed by atoms with Crippen molar-refractivity contribution in [1.82, 2.24) is 4.90 Å². The van der Waals surface area contributed by atoms with E-state index >= 15 is 0 Å². The van der Waals surface area contributed by atoms with Crippen LogP contribution in [-0.4, -0.2) is 24.0 Å². The molecular formula is C13H22N2O. The summed E-state index contributed by atoms with van der Waals surface area (Å²) in [6.45, 7) is 6.44. The smallest absolute Gasteiger partial charge is 0.122 e. The summed E-state index contributed by atoms with van der Waals surface area (Å²) in [7, 11) is 0. The fourth-order valence-electron chi connectivity index (χ4n) is 2.30. The van der Waals surface area contributed by atoms with E-state index in [9.17, 15) is 0 Å². The van der Waals surface area contributed by atoms with Crippen LogP contribution in [0.1, 0.15) is 38.5 Å². The predicted octanol–water partition coefficient (Wildman–Crippen LogP) is 2.40. The molecule has 0 spiro atoms. The molecule has 1 saturated carbocycles. The van der Waals surface area contributed by atoms with Crippen LogP contribution in [0.5, 0.6) is 0 Å². The molecule has 1 aliphatic carbocycles. The SMILES string of the molecule is CCN(CC1CC1)C(c1ccco1)C(C)N. The summed E-state index contributed by atoms with van der Waals surface area (Å²) in [4.78, 5) is 2.45. The average molecular weight is 222 g/mol. The van der Waals surface area contributed by atoms with Gasteiger partial charge in [-0.25, -0.2) is 0 Å². The number of nitrogens with zero attached hydrogens (tertiary/aromatic N) is 1. The van der Waals surface area contributed by atoms with Crippen LogP contribution in [0.25, 0.3) is 0 Å². The zero-order valence-electron chi connectivity index (χ0n) is 10.2. The third-order valence-corrected chi connectivity index (χ3v) is 3.32. The number of furan rings is 1. The first kappa shape index (κ1) is 11.7. The van der Waals surface area contributed by atoms with Crippen LogP contribution in [0, 0.1) is 5.92 Å². The molecule has 0 aromatic carbocycles. The van der Waals surface area contributed by atoms with Crippen LogP contribution in [0.15, 0.2) is 22.8 Å². The van der Waals surface area contributed by atoms with Crippen molar-refractivity contribution in [2.24, 2.45) is 11.7 Å². The molecule has 0 radical (unpaired) electrons. The van der Waals surface area contributed by atoms with Gasteiger partial charge in [-0.15, -0.1) is 0 Å². The van der Waals surface area contributed by atoms with E-state index in [2.05, 4.69) is 18.7 Å². The molecular weight excluding hydrogens is 200 g/mol. The second-order valence-corrected chi connectivity index (χ2v) is 4.85. The zero-order chi connectivity index (χ0) is 11.5. The van der Waals surface area contributed by atoms with Gasteiger partial charge >= 0.3 is 0 Å².